The molecule has 3 N–H and O–H groups in total. The standard InChI is InChI=1S/C9H8ClN3O4S2/c1-4-6(10)9(18-7(4)8(11)14)19(15,16)13-5-2-3-17-12-5/h2-3H,1H3,(H2,11,14)(H,12,13). The van der Waals surface area contributed by atoms with Crippen LogP contribution in [0.5, 0.6) is 0 Å². The molecule has 0 aromatic carbocycles. The molecule has 19 heavy (non-hydrogen) atoms. The number of sulfonamides is 1. The fourth-order valence-electron chi connectivity index (χ4n) is 1.32. The lowest BCUT2D eigenvalue weighted by molar-refractivity contribution is 0.100. The van der Waals surface area contributed by atoms with Crippen LogP contribution >= 0.6 is 22.9 Å². The lowest BCUT2D eigenvalue weighted by Gasteiger charge is -2.02. The quantitative estimate of drug-likeness (QED) is 0.887. The van der Waals surface area contributed by atoms with Crippen LogP contribution in [0.25, 0.3) is 0 Å². The van der Waals surface area contributed by atoms with Gasteiger partial charge in [0, 0.05) is 6.07 Å². The van der Waals surface area contributed by atoms with Crippen LogP contribution in [-0.2, 0) is 10.0 Å². The molecule has 10 heteroatoms. The maximum Gasteiger partial charge on any atom is 0.274 e. The average Bonchev–Trinajstić information content (AvgIpc) is 2.88. The van der Waals surface area contributed by atoms with Gasteiger partial charge in [-0.25, -0.2) is 8.42 Å². The molecule has 0 saturated carbocycles. The number of anilines is 1. The van der Waals surface area contributed by atoms with E-state index in [1.807, 2.05) is 0 Å². The summed E-state index contributed by atoms with van der Waals surface area (Å²) in [5, 5.41) is 3.39. The highest BCUT2D eigenvalue weighted by molar-refractivity contribution is 7.94. The molecule has 2 aromatic rings. The number of primary amides is 1. The van der Waals surface area contributed by atoms with Crippen LogP contribution in [0.4, 0.5) is 5.82 Å². The van der Waals surface area contributed by atoms with E-state index in [4.69, 9.17) is 17.3 Å². The van der Waals surface area contributed by atoms with Crippen molar-refractivity contribution < 1.29 is 17.7 Å². The van der Waals surface area contributed by atoms with Crippen LogP contribution in [0.1, 0.15) is 15.2 Å². The molecule has 102 valence electrons. The fourth-order valence-corrected chi connectivity index (χ4v) is 4.35. The van der Waals surface area contributed by atoms with E-state index in [0.29, 0.717) is 16.9 Å². The first-order chi connectivity index (χ1) is 8.83. The zero-order valence-corrected chi connectivity index (χ0v) is 11.9. The normalized spacial score (nSPS) is 11.5. The van der Waals surface area contributed by atoms with Crippen molar-refractivity contribution in [3.63, 3.8) is 0 Å². The summed E-state index contributed by atoms with van der Waals surface area (Å²) in [5.74, 6) is -0.713. The average molecular weight is 322 g/mol. The Labute approximate surface area is 117 Å². The predicted molar refractivity (Wildman–Crippen MR) is 69.9 cm³/mol. The highest BCUT2D eigenvalue weighted by atomic mass is 35.5. The summed E-state index contributed by atoms with van der Waals surface area (Å²) in [6.45, 7) is 1.52. The van der Waals surface area contributed by atoms with Gasteiger partial charge < -0.3 is 10.3 Å². The largest absolute Gasteiger partial charge is 0.365 e. The number of hydrogen-bond donors (Lipinski definition) is 2. The van der Waals surface area contributed by atoms with Gasteiger partial charge in [0.2, 0.25) is 0 Å². The predicted octanol–water partition coefficient (Wildman–Crippen LogP) is 1.60. The highest BCUT2D eigenvalue weighted by Crippen LogP contribution is 2.36. The minimum Gasteiger partial charge on any atom is -0.365 e. The summed E-state index contributed by atoms with van der Waals surface area (Å²) >= 11 is 6.63. The van der Waals surface area contributed by atoms with E-state index in [-0.39, 0.29) is 19.9 Å². The number of nitrogens with two attached hydrogens (primary N) is 1. The number of halogens is 1. The summed E-state index contributed by atoms with van der Waals surface area (Å²) in [7, 11) is -3.94. The molecule has 2 rings (SSSR count). The molecule has 0 atom stereocenters. The van der Waals surface area contributed by atoms with E-state index in [1.54, 1.807) is 0 Å². The molecule has 0 radical (unpaired) electrons. The highest BCUT2D eigenvalue weighted by Gasteiger charge is 2.27. The van der Waals surface area contributed by atoms with E-state index in [2.05, 4.69) is 14.4 Å². The molecular weight excluding hydrogens is 314 g/mol. The molecule has 0 aliphatic heterocycles. The third kappa shape index (κ3) is 2.57. The third-order valence-corrected chi connectivity index (χ3v) is 6.06. The molecule has 0 fully saturated rings. The Morgan fingerprint density at radius 2 is 2.26 bits per heavy atom. The van der Waals surface area contributed by atoms with Crippen LogP contribution in [0.15, 0.2) is 21.1 Å². The van der Waals surface area contributed by atoms with Crippen molar-refractivity contribution in [2.75, 3.05) is 4.72 Å². The minimum absolute atomic E-state index is 0.0164. The Hall–Kier alpha value is -1.58. The Morgan fingerprint density at radius 3 is 2.74 bits per heavy atom. The van der Waals surface area contributed by atoms with Crippen molar-refractivity contribution in [2.45, 2.75) is 11.1 Å². The zero-order valence-electron chi connectivity index (χ0n) is 9.51. The van der Waals surface area contributed by atoms with Gasteiger partial charge in [-0.2, -0.15) is 0 Å². The van der Waals surface area contributed by atoms with E-state index in [9.17, 15) is 13.2 Å². The van der Waals surface area contributed by atoms with Gasteiger partial charge in [-0.05, 0) is 12.5 Å². The maximum absolute atomic E-state index is 12.1. The summed E-state index contributed by atoms with van der Waals surface area (Å²) in [4.78, 5) is 11.3. The summed E-state index contributed by atoms with van der Waals surface area (Å²) in [6, 6.07) is 1.33. The lowest BCUT2D eigenvalue weighted by atomic mass is 10.3. The third-order valence-electron chi connectivity index (χ3n) is 2.19. The first-order valence-corrected chi connectivity index (χ1v) is 7.52. The molecule has 0 bridgehead atoms. The Kier molecular flexibility index (Phi) is 3.52. The van der Waals surface area contributed by atoms with Crippen molar-refractivity contribution in [3.8, 4) is 0 Å². The number of thiophene rings is 1. The maximum atomic E-state index is 12.1. The number of hydrogen-bond acceptors (Lipinski definition) is 6. The van der Waals surface area contributed by atoms with Crippen molar-refractivity contribution in [2.24, 2.45) is 5.73 Å². The summed E-state index contributed by atoms with van der Waals surface area (Å²) in [5.41, 5.74) is 5.48. The number of carbonyl (C=O) groups is 1. The molecule has 2 heterocycles. The van der Waals surface area contributed by atoms with Gasteiger partial charge in [0.25, 0.3) is 15.9 Å². The number of nitrogens with one attached hydrogen (secondary N) is 1. The number of rotatable bonds is 4. The Balaban J connectivity index is 2.47. The van der Waals surface area contributed by atoms with Crippen LogP contribution in [0.2, 0.25) is 5.02 Å². The van der Waals surface area contributed by atoms with Gasteiger partial charge in [0.1, 0.15) is 6.26 Å². The number of carbonyl (C=O) groups excluding carboxylic acids is 1. The molecule has 0 aliphatic rings. The first kappa shape index (κ1) is 13.8. The number of amides is 1. The van der Waals surface area contributed by atoms with Crippen molar-refractivity contribution in [1.82, 2.24) is 5.16 Å². The van der Waals surface area contributed by atoms with Crippen molar-refractivity contribution in [3.05, 3.63) is 27.8 Å². The molecule has 2 aromatic heterocycles. The smallest absolute Gasteiger partial charge is 0.274 e. The van der Waals surface area contributed by atoms with Gasteiger partial charge in [-0.3, -0.25) is 9.52 Å². The minimum atomic E-state index is -3.94. The summed E-state index contributed by atoms with van der Waals surface area (Å²) in [6.07, 6.45) is 1.22. The summed E-state index contributed by atoms with van der Waals surface area (Å²) < 4.78 is 30.7. The van der Waals surface area contributed by atoms with E-state index < -0.39 is 15.9 Å². The van der Waals surface area contributed by atoms with Crippen LogP contribution in [0, 0.1) is 6.92 Å². The second-order valence-corrected chi connectivity index (χ2v) is 6.79. The second kappa shape index (κ2) is 4.83. The SMILES string of the molecule is Cc1c(C(N)=O)sc(S(=O)(=O)Nc2ccon2)c1Cl. The van der Waals surface area contributed by atoms with Gasteiger partial charge in [-0.15, -0.1) is 11.3 Å². The van der Waals surface area contributed by atoms with Crippen molar-refractivity contribution >= 4 is 44.7 Å². The molecule has 0 saturated heterocycles. The zero-order chi connectivity index (χ0) is 14.2. The van der Waals surface area contributed by atoms with Crippen LogP contribution in [0.3, 0.4) is 0 Å². The van der Waals surface area contributed by atoms with E-state index >= 15 is 0 Å². The number of aromatic nitrogens is 1. The van der Waals surface area contributed by atoms with Gasteiger partial charge in [0.15, 0.2) is 10.0 Å². The topological polar surface area (TPSA) is 115 Å². The lowest BCUT2D eigenvalue weighted by Crippen LogP contribution is -2.12. The molecule has 0 unspecified atom stereocenters. The van der Waals surface area contributed by atoms with Gasteiger partial charge in [0.05, 0.1) is 9.90 Å². The molecule has 1 amide bonds. The Morgan fingerprint density at radius 1 is 1.58 bits per heavy atom. The van der Waals surface area contributed by atoms with Gasteiger partial charge in [-0.1, -0.05) is 16.8 Å². The van der Waals surface area contributed by atoms with E-state index in [0.717, 1.165) is 0 Å². The monoisotopic (exact) mass is 321 g/mol. The van der Waals surface area contributed by atoms with Crippen molar-refractivity contribution in [1.29, 1.82) is 0 Å². The molecule has 0 aliphatic carbocycles. The van der Waals surface area contributed by atoms with Crippen LogP contribution in [-0.4, -0.2) is 19.5 Å². The molecule has 7 nitrogen and oxygen atoms in total. The Bertz CT molecular complexity index is 721. The van der Waals surface area contributed by atoms with Crippen LogP contribution < -0.4 is 10.5 Å². The first-order valence-electron chi connectivity index (χ1n) is 4.85. The molecular formula is C9H8ClN3O4S2. The van der Waals surface area contributed by atoms with Gasteiger partial charge >= 0.3 is 0 Å². The fraction of sp³-hybridized carbons (Fsp3) is 0.111. The second-order valence-electron chi connectivity index (χ2n) is 3.51. The number of nitrogens with zero attached hydrogens (tertiary/aromatic N) is 1. The molecule has 0 spiro atoms. The van der Waals surface area contributed by atoms with E-state index in [1.165, 1.54) is 19.3 Å².